The third-order valence-electron chi connectivity index (χ3n) is 6.89. The van der Waals surface area contributed by atoms with Crippen LogP contribution in [-0.4, -0.2) is 32.7 Å². The molecule has 0 amide bonds. The molecule has 2 aromatic heterocycles. The Labute approximate surface area is 220 Å². The summed E-state index contributed by atoms with van der Waals surface area (Å²) in [7, 11) is 0. The third kappa shape index (κ3) is 4.23. The van der Waals surface area contributed by atoms with Gasteiger partial charge in [-0.25, -0.2) is 4.98 Å². The summed E-state index contributed by atoms with van der Waals surface area (Å²) in [5.74, 6) is 2.09. The van der Waals surface area contributed by atoms with Gasteiger partial charge in [-0.05, 0) is 55.0 Å². The lowest BCUT2D eigenvalue weighted by Gasteiger charge is -2.33. The lowest BCUT2D eigenvalue weighted by molar-refractivity contribution is 0.495. The largest absolute Gasteiger partial charge is 0.341 e. The molecule has 0 radical (unpaired) electrons. The molecule has 0 atom stereocenters. The van der Waals surface area contributed by atoms with E-state index in [1.807, 2.05) is 60.0 Å². The summed E-state index contributed by atoms with van der Waals surface area (Å²) in [4.78, 5) is 12.0. The maximum atomic E-state index is 6.65. The standard InChI is InChI=1S/C29H25Cl2N5/c1-19-32-28-26(22-11-13-23(30)14-12-22)27(24-9-5-6-10-25(24)31)34-36(28)29(33-19)35-17-15-21(16-18-35)20-7-3-2-4-8-20/h2-14,21H,15-18H2,1H3. The summed E-state index contributed by atoms with van der Waals surface area (Å²) >= 11 is 12.9. The molecule has 0 N–H and O–H groups in total. The van der Waals surface area contributed by atoms with E-state index in [4.69, 9.17) is 38.3 Å². The van der Waals surface area contributed by atoms with Crippen molar-refractivity contribution in [2.75, 3.05) is 18.0 Å². The van der Waals surface area contributed by atoms with Gasteiger partial charge >= 0.3 is 0 Å². The lowest BCUT2D eigenvalue weighted by Crippen LogP contribution is -2.35. The maximum Gasteiger partial charge on any atom is 0.230 e. The molecule has 1 aliphatic heterocycles. The predicted octanol–water partition coefficient (Wildman–Crippen LogP) is 7.46. The molecule has 3 aromatic carbocycles. The number of halogens is 2. The Morgan fingerprint density at radius 2 is 1.50 bits per heavy atom. The van der Waals surface area contributed by atoms with Crippen molar-refractivity contribution in [2.45, 2.75) is 25.7 Å². The van der Waals surface area contributed by atoms with Gasteiger partial charge in [0.25, 0.3) is 0 Å². The second-order valence-electron chi connectivity index (χ2n) is 9.19. The van der Waals surface area contributed by atoms with E-state index in [0.717, 1.165) is 59.9 Å². The molecule has 1 saturated heterocycles. The van der Waals surface area contributed by atoms with E-state index in [-0.39, 0.29) is 0 Å². The van der Waals surface area contributed by atoms with Crippen molar-refractivity contribution in [3.05, 3.63) is 100 Å². The smallest absolute Gasteiger partial charge is 0.230 e. The van der Waals surface area contributed by atoms with Crippen molar-refractivity contribution >= 4 is 34.8 Å². The molecule has 3 heterocycles. The molecular formula is C29H25Cl2N5. The molecule has 0 bridgehead atoms. The molecule has 5 aromatic rings. The van der Waals surface area contributed by atoms with Crippen molar-refractivity contribution in [2.24, 2.45) is 0 Å². The number of fused-ring (bicyclic) bond motifs is 1. The molecule has 0 aliphatic carbocycles. The Kier molecular flexibility index (Phi) is 6.12. The Morgan fingerprint density at radius 1 is 0.806 bits per heavy atom. The fourth-order valence-corrected chi connectivity index (χ4v) is 5.44. The Bertz CT molecular complexity index is 1520. The maximum absolute atomic E-state index is 6.65. The van der Waals surface area contributed by atoms with Gasteiger partial charge in [0.15, 0.2) is 5.65 Å². The molecule has 6 rings (SSSR count). The molecule has 0 spiro atoms. The highest BCUT2D eigenvalue weighted by Gasteiger charge is 2.27. The van der Waals surface area contributed by atoms with Crippen LogP contribution in [-0.2, 0) is 0 Å². The first kappa shape index (κ1) is 23.0. The zero-order chi connectivity index (χ0) is 24.6. The van der Waals surface area contributed by atoms with Crippen LogP contribution in [0.15, 0.2) is 78.9 Å². The van der Waals surface area contributed by atoms with Crippen LogP contribution in [0.1, 0.15) is 30.1 Å². The van der Waals surface area contributed by atoms with Crippen LogP contribution in [0.5, 0.6) is 0 Å². The molecule has 5 nitrogen and oxygen atoms in total. The number of aromatic nitrogens is 4. The highest BCUT2D eigenvalue weighted by molar-refractivity contribution is 6.33. The van der Waals surface area contributed by atoms with Gasteiger partial charge in [-0.2, -0.15) is 14.6 Å². The van der Waals surface area contributed by atoms with E-state index in [1.165, 1.54) is 5.56 Å². The molecule has 7 heteroatoms. The zero-order valence-electron chi connectivity index (χ0n) is 19.9. The topological polar surface area (TPSA) is 46.3 Å². The van der Waals surface area contributed by atoms with Crippen LogP contribution in [0.3, 0.4) is 0 Å². The van der Waals surface area contributed by atoms with Gasteiger partial charge in [0.2, 0.25) is 5.95 Å². The number of aryl methyl sites for hydroxylation is 1. The lowest BCUT2D eigenvalue weighted by atomic mass is 9.90. The van der Waals surface area contributed by atoms with Gasteiger partial charge in [0.05, 0.1) is 10.6 Å². The van der Waals surface area contributed by atoms with Gasteiger partial charge in [-0.1, -0.05) is 83.9 Å². The summed E-state index contributed by atoms with van der Waals surface area (Å²) in [6.07, 6.45) is 2.13. The minimum Gasteiger partial charge on any atom is -0.341 e. The third-order valence-corrected chi connectivity index (χ3v) is 7.47. The summed E-state index contributed by atoms with van der Waals surface area (Å²) < 4.78 is 1.89. The monoisotopic (exact) mass is 513 g/mol. The van der Waals surface area contributed by atoms with E-state index in [0.29, 0.717) is 21.8 Å². The Hall–Kier alpha value is -3.41. The number of anilines is 1. The van der Waals surface area contributed by atoms with E-state index >= 15 is 0 Å². The van der Waals surface area contributed by atoms with Gasteiger partial charge in [-0.15, -0.1) is 0 Å². The second kappa shape index (κ2) is 9.57. The summed E-state index contributed by atoms with van der Waals surface area (Å²) in [6, 6.07) is 26.3. The van der Waals surface area contributed by atoms with Crippen LogP contribution in [0.2, 0.25) is 10.0 Å². The molecule has 0 saturated carbocycles. The van der Waals surface area contributed by atoms with E-state index in [1.54, 1.807) is 0 Å². The van der Waals surface area contributed by atoms with Crippen LogP contribution in [0.4, 0.5) is 5.95 Å². The highest BCUT2D eigenvalue weighted by Crippen LogP contribution is 2.39. The molecule has 180 valence electrons. The Balaban J connectivity index is 1.47. The van der Waals surface area contributed by atoms with Gasteiger partial charge < -0.3 is 4.90 Å². The average molecular weight is 514 g/mol. The van der Waals surface area contributed by atoms with Crippen LogP contribution in [0.25, 0.3) is 28.0 Å². The van der Waals surface area contributed by atoms with E-state index < -0.39 is 0 Å². The number of benzene rings is 3. The van der Waals surface area contributed by atoms with Crippen molar-refractivity contribution in [1.82, 2.24) is 19.6 Å². The van der Waals surface area contributed by atoms with Gasteiger partial charge in [0.1, 0.15) is 11.5 Å². The summed E-state index contributed by atoms with van der Waals surface area (Å²) in [5.41, 5.74) is 5.72. The molecule has 0 unspecified atom stereocenters. The minimum atomic E-state index is 0.557. The van der Waals surface area contributed by atoms with E-state index in [2.05, 4.69) is 35.2 Å². The van der Waals surface area contributed by atoms with Crippen molar-refractivity contribution in [1.29, 1.82) is 0 Å². The molecule has 36 heavy (non-hydrogen) atoms. The minimum absolute atomic E-state index is 0.557. The average Bonchev–Trinajstić information content (AvgIpc) is 3.28. The first-order chi connectivity index (χ1) is 17.6. The Morgan fingerprint density at radius 3 is 2.22 bits per heavy atom. The number of nitrogens with zero attached hydrogens (tertiary/aromatic N) is 5. The normalized spacial score (nSPS) is 14.5. The molecule has 1 fully saturated rings. The quantitative estimate of drug-likeness (QED) is 0.250. The van der Waals surface area contributed by atoms with Crippen LogP contribution < -0.4 is 4.90 Å². The summed E-state index contributed by atoms with van der Waals surface area (Å²) in [5, 5.41) is 6.40. The van der Waals surface area contributed by atoms with Crippen molar-refractivity contribution in [3.8, 4) is 22.4 Å². The fraction of sp³-hybridized carbons (Fsp3) is 0.207. The highest BCUT2D eigenvalue weighted by atomic mass is 35.5. The number of piperidine rings is 1. The van der Waals surface area contributed by atoms with Gasteiger partial charge in [0, 0.05) is 23.7 Å². The van der Waals surface area contributed by atoms with E-state index in [9.17, 15) is 0 Å². The summed E-state index contributed by atoms with van der Waals surface area (Å²) in [6.45, 7) is 3.75. The van der Waals surface area contributed by atoms with Crippen LogP contribution in [0, 0.1) is 6.92 Å². The van der Waals surface area contributed by atoms with Crippen molar-refractivity contribution < 1.29 is 0 Å². The fourth-order valence-electron chi connectivity index (χ4n) is 5.09. The molecule has 1 aliphatic rings. The SMILES string of the molecule is Cc1nc(N2CCC(c3ccccc3)CC2)n2nc(-c3ccccc3Cl)c(-c3ccc(Cl)cc3)c2n1. The second-order valence-corrected chi connectivity index (χ2v) is 10.0. The van der Waals surface area contributed by atoms with Crippen molar-refractivity contribution in [3.63, 3.8) is 0 Å². The number of rotatable bonds is 4. The first-order valence-electron chi connectivity index (χ1n) is 12.2. The first-order valence-corrected chi connectivity index (χ1v) is 12.9. The number of hydrogen-bond donors (Lipinski definition) is 0. The molecular weight excluding hydrogens is 489 g/mol. The van der Waals surface area contributed by atoms with Crippen LogP contribution >= 0.6 is 23.2 Å². The predicted molar refractivity (Wildman–Crippen MR) is 147 cm³/mol. The number of hydrogen-bond acceptors (Lipinski definition) is 4. The van der Waals surface area contributed by atoms with Gasteiger partial charge in [-0.3, -0.25) is 0 Å². The zero-order valence-corrected chi connectivity index (χ0v) is 21.4.